The number of aromatic carboxylic acids is 2. The lowest BCUT2D eigenvalue weighted by Crippen LogP contribution is -2.25. The van der Waals surface area contributed by atoms with Crippen molar-refractivity contribution < 1.29 is 50.5 Å². The number of hydrogen-bond donors (Lipinski definition) is 4. The maximum atomic E-state index is 14.5. The van der Waals surface area contributed by atoms with E-state index < -0.39 is 80.9 Å². The van der Waals surface area contributed by atoms with Gasteiger partial charge in [0.15, 0.2) is 0 Å². The van der Waals surface area contributed by atoms with Gasteiger partial charge in [0.2, 0.25) is 0 Å². The minimum absolute atomic E-state index is 0.390. The van der Waals surface area contributed by atoms with Crippen molar-refractivity contribution in [3.63, 3.8) is 0 Å². The summed E-state index contributed by atoms with van der Waals surface area (Å²) in [5.74, 6) is -7.82. The highest BCUT2D eigenvalue weighted by Crippen LogP contribution is 2.44. The highest BCUT2D eigenvalue weighted by Gasteiger charge is 2.42. The molecule has 0 aliphatic carbocycles. The summed E-state index contributed by atoms with van der Waals surface area (Å²) < 4.78 is 93.1. The Bertz CT molecular complexity index is 1090. The van der Waals surface area contributed by atoms with Crippen LogP contribution >= 0.6 is 0 Å². The van der Waals surface area contributed by atoms with Crippen LogP contribution in [0.25, 0.3) is 11.1 Å². The number of aromatic amines is 1. The standard InChI is InChI=1S/C15H7F7N2O5/c16-5-2-3(14(17,18)19)1-4(15(20,21)22)6(5)7-8(12(26)27)10(23)24-11(25)9(7)13(28)29/h1-2H,(H,26,27)(H,28,29)(H3,23,24,25). The predicted molar refractivity (Wildman–Crippen MR) is 80.8 cm³/mol. The molecule has 14 heteroatoms. The Morgan fingerprint density at radius 1 is 0.897 bits per heavy atom. The number of carboxylic acids is 2. The van der Waals surface area contributed by atoms with Crippen LogP contribution in [-0.2, 0) is 12.4 Å². The number of halogens is 7. The van der Waals surface area contributed by atoms with Crippen molar-refractivity contribution in [1.29, 1.82) is 0 Å². The van der Waals surface area contributed by atoms with Crippen LogP contribution in [0, 0.1) is 5.82 Å². The predicted octanol–water partition coefficient (Wildman–Crippen LogP) is 3.20. The summed E-state index contributed by atoms with van der Waals surface area (Å²) in [4.78, 5) is 36.2. The number of pyridine rings is 1. The van der Waals surface area contributed by atoms with Gasteiger partial charge in [-0.25, -0.2) is 14.0 Å². The van der Waals surface area contributed by atoms with Gasteiger partial charge in [0, 0.05) is 11.1 Å². The van der Waals surface area contributed by atoms with E-state index in [1.54, 1.807) is 4.98 Å². The van der Waals surface area contributed by atoms with Crippen molar-refractivity contribution in [2.45, 2.75) is 12.4 Å². The molecule has 156 valence electrons. The maximum Gasteiger partial charge on any atom is 0.417 e. The number of alkyl halides is 6. The molecular weight excluding hydrogens is 421 g/mol. The van der Waals surface area contributed by atoms with Gasteiger partial charge >= 0.3 is 24.3 Å². The fourth-order valence-electron chi connectivity index (χ4n) is 2.54. The van der Waals surface area contributed by atoms with Gasteiger partial charge in [0.1, 0.15) is 22.8 Å². The van der Waals surface area contributed by atoms with Crippen LogP contribution in [0.3, 0.4) is 0 Å². The van der Waals surface area contributed by atoms with Crippen LogP contribution in [0.5, 0.6) is 0 Å². The average Bonchev–Trinajstić information content (AvgIpc) is 2.50. The van der Waals surface area contributed by atoms with Crippen molar-refractivity contribution in [2.75, 3.05) is 5.73 Å². The monoisotopic (exact) mass is 428 g/mol. The highest BCUT2D eigenvalue weighted by molar-refractivity contribution is 6.07. The first-order valence-electron chi connectivity index (χ1n) is 7.08. The van der Waals surface area contributed by atoms with Gasteiger partial charge in [-0.3, -0.25) is 4.79 Å². The van der Waals surface area contributed by atoms with Gasteiger partial charge in [0.25, 0.3) is 5.56 Å². The SMILES string of the molecule is Nc1[nH]c(=O)c(C(=O)O)c(-c2c(F)cc(C(F)(F)F)cc2C(F)(F)F)c1C(=O)O. The molecule has 0 fully saturated rings. The fraction of sp³-hybridized carbons (Fsp3) is 0.133. The molecule has 0 unspecified atom stereocenters. The summed E-state index contributed by atoms with van der Waals surface area (Å²) in [6, 6.07) is -0.924. The maximum absolute atomic E-state index is 14.5. The summed E-state index contributed by atoms with van der Waals surface area (Å²) in [5.41, 5.74) is -7.47. The first-order valence-corrected chi connectivity index (χ1v) is 7.08. The Labute approximate surface area is 154 Å². The van der Waals surface area contributed by atoms with Crippen LogP contribution in [-0.4, -0.2) is 27.1 Å². The number of nitrogens with two attached hydrogens (primary N) is 1. The van der Waals surface area contributed by atoms with Crippen LogP contribution in [0.15, 0.2) is 16.9 Å². The molecule has 0 spiro atoms. The molecule has 29 heavy (non-hydrogen) atoms. The van der Waals surface area contributed by atoms with Crippen LogP contribution in [0.2, 0.25) is 0 Å². The molecule has 0 radical (unpaired) electrons. The number of H-pyrrole nitrogens is 1. The van der Waals surface area contributed by atoms with E-state index in [-0.39, 0.29) is 6.07 Å². The normalized spacial score (nSPS) is 12.1. The number of hydrogen-bond acceptors (Lipinski definition) is 4. The number of anilines is 1. The molecular formula is C15H7F7N2O5. The number of benzene rings is 1. The van der Waals surface area contributed by atoms with Gasteiger partial charge in [-0.05, 0) is 12.1 Å². The molecule has 1 heterocycles. The molecule has 1 aromatic heterocycles. The van der Waals surface area contributed by atoms with E-state index in [4.69, 9.17) is 10.8 Å². The number of nitrogens with one attached hydrogen (secondary N) is 1. The Balaban J connectivity index is 3.20. The molecule has 1 aromatic carbocycles. The van der Waals surface area contributed by atoms with Crippen molar-refractivity contribution >= 4 is 17.8 Å². The van der Waals surface area contributed by atoms with E-state index in [0.29, 0.717) is 0 Å². The number of nitrogen functional groups attached to an aromatic ring is 1. The third kappa shape index (κ3) is 3.86. The van der Waals surface area contributed by atoms with E-state index in [1.165, 1.54) is 0 Å². The fourth-order valence-corrected chi connectivity index (χ4v) is 2.54. The van der Waals surface area contributed by atoms with Crippen molar-refractivity contribution in [2.24, 2.45) is 0 Å². The lowest BCUT2D eigenvalue weighted by atomic mass is 9.90. The Hall–Kier alpha value is -3.58. The van der Waals surface area contributed by atoms with E-state index in [9.17, 15) is 50.2 Å². The second kappa shape index (κ2) is 6.79. The summed E-state index contributed by atoms with van der Waals surface area (Å²) in [6.07, 6.45) is -11.1. The average molecular weight is 428 g/mol. The zero-order valence-corrected chi connectivity index (χ0v) is 13.5. The lowest BCUT2D eigenvalue weighted by Gasteiger charge is -2.19. The number of carbonyl (C=O) groups is 2. The number of carboxylic acid groups (broad SMARTS) is 2. The molecule has 0 aliphatic heterocycles. The molecule has 0 saturated heterocycles. The van der Waals surface area contributed by atoms with E-state index in [0.717, 1.165) is 0 Å². The minimum atomic E-state index is -5.69. The summed E-state index contributed by atoms with van der Waals surface area (Å²) >= 11 is 0. The van der Waals surface area contributed by atoms with Crippen LogP contribution in [0.1, 0.15) is 31.8 Å². The van der Waals surface area contributed by atoms with Crippen molar-refractivity contribution in [1.82, 2.24) is 4.98 Å². The summed E-state index contributed by atoms with van der Waals surface area (Å²) in [7, 11) is 0. The van der Waals surface area contributed by atoms with Crippen molar-refractivity contribution in [3.8, 4) is 11.1 Å². The molecule has 0 amide bonds. The van der Waals surface area contributed by atoms with Gasteiger partial charge in [0.05, 0.1) is 11.1 Å². The Morgan fingerprint density at radius 3 is 1.83 bits per heavy atom. The van der Waals surface area contributed by atoms with Crippen LogP contribution < -0.4 is 11.3 Å². The molecule has 2 rings (SSSR count). The zero-order chi connectivity index (χ0) is 22.5. The van der Waals surface area contributed by atoms with Crippen LogP contribution in [0.4, 0.5) is 36.6 Å². The molecule has 0 saturated carbocycles. The third-order valence-electron chi connectivity index (χ3n) is 3.65. The second-order valence-electron chi connectivity index (χ2n) is 5.48. The Morgan fingerprint density at radius 2 is 1.41 bits per heavy atom. The Kier molecular flexibility index (Phi) is 5.08. The molecule has 2 aromatic rings. The number of aromatic nitrogens is 1. The second-order valence-corrected chi connectivity index (χ2v) is 5.48. The van der Waals surface area contributed by atoms with E-state index >= 15 is 0 Å². The molecule has 0 atom stereocenters. The first kappa shape index (κ1) is 21.7. The first-order chi connectivity index (χ1) is 13.1. The zero-order valence-electron chi connectivity index (χ0n) is 13.5. The summed E-state index contributed by atoms with van der Waals surface area (Å²) in [5, 5.41) is 18.3. The molecule has 0 aliphatic rings. The lowest BCUT2D eigenvalue weighted by molar-refractivity contribution is -0.143. The summed E-state index contributed by atoms with van der Waals surface area (Å²) in [6.45, 7) is 0. The van der Waals surface area contributed by atoms with Gasteiger partial charge in [-0.1, -0.05) is 0 Å². The van der Waals surface area contributed by atoms with Crippen molar-refractivity contribution in [3.05, 3.63) is 50.6 Å². The smallest absolute Gasteiger partial charge is 0.417 e. The largest absolute Gasteiger partial charge is 0.478 e. The quantitative estimate of drug-likeness (QED) is 0.555. The molecule has 0 bridgehead atoms. The highest BCUT2D eigenvalue weighted by atomic mass is 19.4. The van der Waals surface area contributed by atoms with E-state index in [1.807, 2.05) is 0 Å². The van der Waals surface area contributed by atoms with Gasteiger partial charge in [-0.2, -0.15) is 26.3 Å². The molecule has 5 N–H and O–H groups in total. The topological polar surface area (TPSA) is 133 Å². The third-order valence-corrected chi connectivity index (χ3v) is 3.65. The number of rotatable bonds is 3. The minimum Gasteiger partial charge on any atom is -0.478 e. The van der Waals surface area contributed by atoms with Gasteiger partial charge < -0.3 is 20.9 Å². The molecule has 7 nitrogen and oxygen atoms in total. The van der Waals surface area contributed by atoms with Gasteiger partial charge in [-0.15, -0.1) is 0 Å². The van der Waals surface area contributed by atoms with E-state index in [2.05, 4.69) is 0 Å².